The molecule has 6 nitrogen and oxygen atoms in total. The number of amides is 1. The van der Waals surface area contributed by atoms with E-state index in [9.17, 15) is 9.59 Å². The van der Waals surface area contributed by atoms with E-state index in [1.165, 1.54) is 5.56 Å². The van der Waals surface area contributed by atoms with Crippen LogP contribution in [0.5, 0.6) is 11.5 Å². The van der Waals surface area contributed by atoms with Crippen LogP contribution >= 0.6 is 0 Å². The molecule has 1 N–H and O–H groups in total. The van der Waals surface area contributed by atoms with Gasteiger partial charge in [0.25, 0.3) is 11.5 Å². The van der Waals surface area contributed by atoms with Gasteiger partial charge in [0, 0.05) is 23.7 Å². The van der Waals surface area contributed by atoms with Crippen LogP contribution in [0, 0.1) is 20.8 Å². The average molecular weight is 485 g/mol. The highest BCUT2D eigenvalue weighted by atomic mass is 16.5. The molecule has 1 heterocycles. The maximum atomic E-state index is 13.8. The van der Waals surface area contributed by atoms with Gasteiger partial charge in [0.1, 0.15) is 11.5 Å². The lowest BCUT2D eigenvalue weighted by Crippen LogP contribution is -2.34. The molecule has 1 amide bonds. The summed E-state index contributed by atoms with van der Waals surface area (Å²) in [7, 11) is 3.11. The standard InChI is InChI=1S/C30H32N2O4/c1-19-10-11-23-14-25(29(33)31-28(23)21(19)3)18-32(13-12-22-9-7-6-8-20(22)2)30(34)24-15-26(35-4)17-27(16-24)36-5/h6-11,14-17H,12-13,18H2,1-5H3,(H,31,33). The number of pyridine rings is 1. The number of aromatic amines is 1. The number of nitrogens with zero attached hydrogens (tertiary/aromatic N) is 1. The zero-order valence-electron chi connectivity index (χ0n) is 21.5. The predicted molar refractivity (Wildman–Crippen MR) is 143 cm³/mol. The van der Waals surface area contributed by atoms with Crippen LogP contribution in [-0.4, -0.2) is 36.6 Å². The largest absolute Gasteiger partial charge is 0.497 e. The fraction of sp³-hybridized carbons (Fsp3) is 0.267. The molecule has 4 rings (SSSR count). The first-order valence-corrected chi connectivity index (χ1v) is 12.0. The van der Waals surface area contributed by atoms with Gasteiger partial charge in [-0.15, -0.1) is 0 Å². The fourth-order valence-corrected chi connectivity index (χ4v) is 4.41. The van der Waals surface area contributed by atoms with Crippen LogP contribution < -0.4 is 15.0 Å². The van der Waals surface area contributed by atoms with Crippen LogP contribution in [0.3, 0.4) is 0 Å². The van der Waals surface area contributed by atoms with Crippen LogP contribution in [0.2, 0.25) is 0 Å². The lowest BCUT2D eigenvalue weighted by molar-refractivity contribution is 0.0743. The van der Waals surface area contributed by atoms with E-state index in [2.05, 4.69) is 24.0 Å². The van der Waals surface area contributed by atoms with E-state index in [1.54, 1.807) is 37.3 Å². The number of H-pyrrole nitrogens is 1. The Balaban J connectivity index is 1.72. The first-order chi connectivity index (χ1) is 17.3. The summed E-state index contributed by atoms with van der Waals surface area (Å²) in [6, 6.07) is 19.2. The number of rotatable bonds is 8. The molecular formula is C30H32N2O4. The number of methoxy groups -OCH3 is 2. The highest BCUT2D eigenvalue weighted by molar-refractivity contribution is 5.95. The van der Waals surface area contributed by atoms with Gasteiger partial charge < -0.3 is 19.4 Å². The second-order valence-corrected chi connectivity index (χ2v) is 9.10. The van der Waals surface area contributed by atoms with Crippen molar-refractivity contribution in [1.82, 2.24) is 9.88 Å². The number of nitrogens with one attached hydrogen (secondary N) is 1. The van der Waals surface area contributed by atoms with Gasteiger partial charge in [0.2, 0.25) is 0 Å². The number of fused-ring (bicyclic) bond motifs is 1. The maximum Gasteiger partial charge on any atom is 0.254 e. The molecule has 6 heteroatoms. The van der Waals surface area contributed by atoms with Crippen molar-refractivity contribution in [3.8, 4) is 11.5 Å². The van der Waals surface area contributed by atoms with Gasteiger partial charge in [-0.2, -0.15) is 0 Å². The number of aryl methyl sites for hydroxylation is 3. The summed E-state index contributed by atoms with van der Waals surface area (Å²) < 4.78 is 10.7. The maximum absolute atomic E-state index is 13.8. The SMILES string of the molecule is COc1cc(OC)cc(C(=O)N(CCc2ccccc2C)Cc2cc3ccc(C)c(C)c3[nH]c2=O)c1. The fourth-order valence-electron chi connectivity index (χ4n) is 4.41. The van der Waals surface area contributed by atoms with Crippen molar-refractivity contribution < 1.29 is 14.3 Å². The Hall–Kier alpha value is -4.06. The van der Waals surface area contributed by atoms with Crippen molar-refractivity contribution in [2.24, 2.45) is 0 Å². The third kappa shape index (κ3) is 5.28. The van der Waals surface area contributed by atoms with Gasteiger partial charge in [-0.1, -0.05) is 36.4 Å². The summed E-state index contributed by atoms with van der Waals surface area (Å²) >= 11 is 0. The van der Waals surface area contributed by atoms with Gasteiger partial charge in [-0.3, -0.25) is 9.59 Å². The van der Waals surface area contributed by atoms with Crippen molar-refractivity contribution in [1.29, 1.82) is 0 Å². The predicted octanol–water partition coefficient (Wildman–Crippen LogP) is 5.36. The molecule has 3 aromatic carbocycles. The normalized spacial score (nSPS) is 10.9. The van der Waals surface area contributed by atoms with E-state index >= 15 is 0 Å². The van der Waals surface area contributed by atoms with E-state index in [1.807, 2.05) is 44.2 Å². The molecule has 0 fully saturated rings. The Labute approximate surface area is 211 Å². The third-order valence-electron chi connectivity index (χ3n) is 6.79. The van der Waals surface area contributed by atoms with E-state index in [4.69, 9.17) is 9.47 Å². The summed E-state index contributed by atoms with van der Waals surface area (Å²) in [5.74, 6) is 0.872. The Bertz CT molecular complexity index is 1450. The molecular weight excluding hydrogens is 452 g/mol. The summed E-state index contributed by atoms with van der Waals surface area (Å²) in [6.45, 7) is 6.72. The summed E-state index contributed by atoms with van der Waals surface area (Å²) in [5, 5.41) is 0.946. The number of ether oxygens (including phenoxy) is 2. The number of hydrogen-bond acceptors (Lipinski definition) is 4. The monoisotopic (exact) mass is 484 g/mol. The van der Waals surface area contributed by atoms with Crippen LogP contribution in [0.1, 0.15) is 38.2 Å². The van der Waals surface area contributed by atoms with Crippen LogP contribution in [-0.2, 0) is 13.0 Å². The lowest BCUT2D eigenvalue weighted by Gasteiger charge is -2.24. The van der Waals surface area contributed by atoms with Crippen molar-refractivity contribution >= 4 is 16.8 Å². The molecule has 0 bridgehead atoms. The van der Waals surface area contributed by atoms with Crippen molar-refractivity contribution in [3.05, 3.63) is 104 Å². The highest BCUT2D eigenvalue weighted by Gasteiger charge is 2.20. The zero-order chi connectivity index (χ0) is 25.8. The molecule has 4 aromatic rings. The first-order valence-electron chi connectivity index (χ1n) is 12.0. The summed E-state index contributed by atoms with van der Waals surface area (Å²) in [6.07, 6.45) is 0.670. The Morgan fingerprint density at radius 1 is 0.861 bits per heavy atom. The van der Waals surface area contributed by atoms with Crippen molar-refractivity contribution in [3.63, 3.8) is 0 Å². The van der Waals surface area contributed by atoms with E-state index in [-0.39, 0.29) is 18.0 Å². The van der Waals surface area contributed by atoms with Crippen LogP contribution in [0.15, 0.2) is 65.5 Å². The molecule has 1 aromatic heterocycles. The Kier molecular flexibility index (Phi) is 7.44. The molecule has 0 atom stereocenters. The molecule has 36 heavy (non-hydrogen) atoms. The number of carbonyl (C=O) groups excluding carboxylic acids is 1. The zero-order valence-corrected chi connectivity index (χ0v) is 21.5. The Morgan fingerprint density at radius 3 is 2.22 bits per heavy atom. The summed E-state index contributed by atoms with van der Waals surface area (Å²) in [4.78, 5) is 31.6. The van der Waals surface area contributed by atoms with Crippen LogP contribution in [0.4, 0.5) is 0 Å². The molecule has 0 aliphatic carbocycles. The average Bonchev–Trinajstić information content (AvgIpc) is 2.89. The van der Waals surface area contributed by atoms with Crippen molar-refractivity contribution in [2.45, 2.75) is 33.7 Å². The first kappa shape index (κ1) is 25.0. The molecule has 0 spiro atoms. The molecule has 0 unspecified atom stereocenters. The van der Waals surface area contributed by atoms with E-state index in [0.29, 0.717) is 35.6 Å². The molecule has 0 radical (unpaired) electrons. The van der Waals surface area contributed by atoms with Gasteiger partial charge in [-0.05, 0) is 73.0 Å². The minimum Gasteiger partial charge on any atom is -0.497 e. The summed E-state index contributed by atoms with van der Waals surface area (Å²) in [5.41, 5.74) is 6.13. The van der Waals surface area contributed by atoms with E-state index < -0.39 is 0 Å². The minimum atomic E-state index is -0.194. The van der Waals surface area contributed by atoms with Gasteiger partial charge in [0.15, 0.2) is 0 Å². The number of carbonyl (C=O) groups is 1. The quantitative estimate of drug-likeness (QED) is 0.366. The molecule has 0 aliphatic heterocycles. The number of hydrogen-bond donors (Lipinski definition) is 1. The van der Waals surface area contributed by atoms with Gasteiger partial charge in [-0.25, -0.2) is 0 Å². The molecule has 0 saturated carbocycles. The topological polar surface area (TPSA) is 71.6 Å². The third-order valence-corrected chi connectivity index (χ3v) is 6.79. The number of aromatic nitrogens is 1. The van der Waals surface area contributed by atoms with Gasteiger partial charge in [0.05, 0.1) is 26.3 Å². The van der Waals surface area contributed by atoms with Crippen molar-refractivity contribution in [2.75, 3.05) is 20.8 Å². The second kappa shape index (κ2) is 10.7. The van der Waals surface area contributed by atoms with Crippen LogP contribution in [0.25, 0.3) is 10.9 Å². The van der Waals surface area contributed by atoms with Gasteiger partial charge >= 0.3 is 0 Å². The minimum absolute atomic E-state index is 0.183. The number of benzene rings is 3. The molecule has 0 saturated heterocycles. The lowest BCUT2D eigenvalue weighted by atomic mass is 10.0. The second-order valence-electron chi connectivity index (χ2n) is 9.10. The highest BCUT2D eigenvalue weighted by Crippen LogP contribution is 2.25. The molecule has 0 aliphatic rings. The smallest absolute Gasteiger partial charge is 0.254 e. The Morgan fingerprint density at radius 2 is 1.56 bits per heavy atom. The molecule has 186 valence electrons. The van der Waals surface area contributed by atoms with E-state index in [0.717, 1.165) is 27.6 Å².